The molecule has 6 heteroatoms. The molecule has 3 amide bonds. The van der Waals surface area contributed by atoms with Crippen molar-refractivity contribution in [3.8, 4) is 0 Å². The minimum absolute atomic E-state index is 0.103. The molecule has 3 aliphatic rings. The van der Waals surface area contributed by atoms with Crippen molar-refractivity contribution < 1.29 is 9.59 Å². The van der Waals surface area contributed by atoms with Crippen LogP contribution in [0.3, 0.4) is 0 Å². The molecule has 0 spiro atoms. The number of carbonyl (C=O) groups is 2. The first-order valence-corrected chi connectivity index (χ1v) is 11.7. The Morgan fingerprint density at radius 1 is 0.929 bits per heavy atom. The highest BCUT2D eigenvalue weighted by molar-refractivity contribution is 5.76. The second-order valence-electron chi connectivity index (χ2n) is 9.15. The number of likely N-dealkylation sites (tertiary alicyclic amines) is 2. The summed E-state index contributed by atoms with van der Waals surface area (Å²) in [6, 6.07) is 1.03. The van der Waals surface area contributed by atoms with Crippen LogP contribution in [-0.4, -0.2) is 66.5 Å². The molecule has 160 valence electrons. The summed E-state index contributed by atoms with van der Waals surface area (Å²) in [4.78, 5) is 29.2. The zero-order valence-electron chi connectivity index (χ0n) is 17.8. The molecule has 2 aliphatic heterocycles. The van der Waals surface area contributed by atoms with E-state index in [2.05, 4.69) is 22.5 Å². The Labute approximate surface area is 170 Å². The molecule has 3 fully saturated rings. The number of nitrogens with one attached hydrogen (secondary N) is 2. The third-order valence-electron chi connectivity index (χ3n) is 6.96. The van der Waals surface area contributed by atoms with Crippen LogP contribution in [0.25, 0.3) is 0 Å². The van der Waals surface area contributed by atoms with Crippen molar-refractivity contribution in [2.45, 2.75) is 89.6 Å². The van der Waals surface area contributed by atoms with Gasteiger partial charge in [0.2, 0.25) is 5.91 Å². The highest BCUT2D eigenvalue weighted by Crippen LogP contribution is 2.22. The van der Waals surface area contributed by atoms with Crippen LogP contribution in [0, 0.1) is 5.92 Å². The Bertz CT molecular complexity index is 493. The monoisotopic (exact) mass is 392 g/mol. The van der Waals surface area contributed by atoms with Gasteiger partial charge in [-0.15, -0.1) is 0 Å². The molecule has 2 heterocycles. The van der Waals surface area contributed by atoms with Crippen LogP contribution in [-0.2, 0) is 4.79 Å². The second-order valence-corrected chi connectivity index (χ2v) is 9.15. The molecule has 0 aromatic heterocycles. The molecule has 0 bridgehead atoms. The van der Waals surface area contributed by atoms with Crippen LogP contribution in [0.15, 0.2) is 0 Å². The first-order chi connectivity index (χ1) is 13.6. The van der Waals surface area contributed by atoms with Crippen molar-refractivity contribution in [3.05, 3.63) is 0 Å². The Morgan fingerprint density at radius 3 is 2.29 bits per heavy atom. The van der Waals surface area contributed by atoms with E-state index in [-0.39, 0.29) is 11.9 Å². The molecular weight excluding hydrogens is 352 g/mol. The van der Waals surface area contributed by atoms with Crippen LogP contribution in [0.2, 0.25) is 0 Å². The summed E-state index contributed by atoms with van der Waals surface area (Å²) in [5.74, 6) is 0.591. The van der Waals surface area contributed by atoms with Crippen LogP contribution < -0.4 is 10.6 Å². The van der Waals surface area contributed by atoms with E-state index in [9.17, 15) is 9.59 Å². The van der Waals surface area contributed by atoms with E-state index < -0.39 is 0 Å². The van der Waals surface area contributed by atoms with Gasteiger partial charge in [0.15, 0.2) is 0 Å². The van der Waals surface area contributed by atoms with E-state index in [0.717, 1.165) is 51.7 Å². The number of urea groups is 1. The molecule has 0 radical (unpaired) electrons. The lowest BCUT2D eigenvalue weighted by Gasteiger charge is -2.33. The second kappa shape index (κ2) is 11.0. The maximum Gasteiger partial charge on any atom is 0.317 e. The van der Waals surface area contributed by atoms with E-state index in [4.69, 9.17) is 0 Å². The minimum Gasteiger partial charge on any atom is -0.356 e. The number of piperidine rings is 1. The normalized spacial score (nSPS) is 23.5. The van der Waals surface area contributed by atoms with E-state index in [1.807, 2.05) is 4.90 Å². The van der Waals surface area contributed by atoms with Crippen molar-refractivity contribution in [2.24, 2.45) is 5.92 Å². The molecule has 3 rings (SSSR count). The summed E-state index contributed by atoms with van der Waals surface area (Å²) in [5, 5.41) is 6.32. The van der Waals surface area contributed by atoms with E-state index in [0.29, 0.717) is 24.4 Å². The quantitative estimate of drug-likeness (QED) is 0.700. The van der Waals surface area contributed by atoms with Crippen molar-refractivity contribution >= 4 is 11.9 Å². The Morgan fingerprint density at radius 2 is 1.61 bits per heavy atom. The molecule has 0 aromatic rings. The number of nitrogens with zero attached hydrogens (tertiary/aromatic N) is 2. The third-order valence-corrected chi connectivity index (χ3v) is 6.96. The molecule has 1 aliphatic carbocycles. The smallest absolute Gasteiger partial charge is 0.317 e. The van der Waals surface area contributed by atoms with Gasteiger partial charge >= 0.3 is 6.03 Å². The summed E-state index contributed by atoms with van der Waals surface area (Å²) >= 11 is 0. The molecule has 0 aromatic carbocycles. The lowest BCUT2D eigenvalue weighted by molar-refractivity contribution is -0.122. The van der Waals surface area contributed by atoms with Gasteiger partial charge in [-0.2, -0.15) is 0 Å². The molecular formula is C22H40N4O2. The van der Waals surface area contributed by atoms with Gasteiger partial charge in [0.25, 0.3) is 0 Å². The number of amides is 3. The van der Waals surface area contributed by atoms with Gasteiger partial charge in [-0.1, -0.05) is 19.3 Å². The summed E-state index contributed by atoms with van der Waals surface area (Å²) < 4.78 is 0. The maximum atomic E-state index is 12.4. The fourth-order valence-electron chi connectivity index (χ4n) is 4.97. The standard InChI is InChI=1S/C22H40N4O2/c1-18(25-13-5-6-14-25)9-12-23-21(27)17-19-10-15-26(16-11-19)22(28)24-20-7-3-2-4-8-20/h18-20H,2-17H2,1H3,(H,23,27)(H,24,28)/t18-/m1/s1. The summed E-state index contributed by atoms with van der Waals surface area (Å²) in [6.07, 6.45) is 12.2. The fourth-order valence-corrected chi connectivity index (χ4v) is 4.97. The topological polar surface area (TPSA) is 64.7 Å². The first kappa shape index (κ1) is 21.4. The van der Waals surface area contributed by atoms with Gasteiger partial charge in [0, 0.05) is 38.1 Å². The maximum absolute atomic E-state index is 12.4. The zero-order valence-corrected chi connectivity index (χ0v) is 17.8. The Balaban J connectivity index is 1.27. The Kier molecular flexibility index (Phi) is 8.44. The first-order valence-electron chi connectivity index (χ1n) is 11.7. The molecule has 2 saturated heterocycles. The van der Waals surface area contributed by atoms with Crippen LogP contribution in [0.5, 0.6) is 0 Å². The van der Waals surface area contributed by atoms with E-state index in [1.165, 1.54) is 45.2 Å². The summed E-state index contributed by atoms with van der Waals surface area (Å²) in [5.41, 5.74) is 0. The number of hydrogen-bond acceptors (Lipinski definition) is 3. The Hall–Kier alpha value is -1.30. The SMILES string of the molecule is C[C@H](CCNC(=O)CC1CCN(C(=O)NC2CCCCC2)CC1)N1CCCC1. The third kappa shape index (κ3) is 6.64. The molecule has 1 atom stereocenters. The average Bonchev–Trinajstić information content (AvgIpc) is 3.24. The van der Waals surface area contributed by atoms with Crippen molar-refractivity contribution in [3.63, 3.8) is 0 Å². The molecule has 2 N–H and O–H groups in total. The highest BCUT2D eigenvalue weighted by Gasteiger charge is 2.26. The largest absolute Gasteiger partial charge is 0.356 e. The van der Waals surface area contributed by atoms with Crippen molar-refractivity contribution in [1.29, 1.82) is 0 Å². The molecule has 28 heavy (non-hydrogen) atoms. The molecule has 6 nitrogen and oxygen atoms in total. The van der Waals surface area contributed by atoms with E-state index in [1.54, 1.807) is 0 Å². The van der Waals surface area contributed by atoms with Crippen LogP contribution >= 0.6 is 0 Å². The predicted molar refractivity (Wildman–Crippen MR) is 112 cm³/mol. The van der Waals surface area contributed by atoms with Crippen LogP contribution in [0.1, 0.15) is 77.6 Å². The van der Waals surface area contributed by atoms with Gasteiger partial charge in [-0.3, -0.25) is 4.79 Å². The minimum atomic E-state index is 0.103. The van der Waals surface area contributed by atoms with Gasteiger partial charge < -0.3 is 20.4 Å². The van der Waals surface area contributed by atoms with Crippen LogP contribution in [0.4, 0.5) is 4.79 Å². The number of carbonyl (C=O) groups excluding carboxylic acids is 2. The lowest BCUT2D eigenvalue weighted by atomic mass is 9.93. The number of hydrogen-bond donors (Lipinski definition) is 2. The lowest BCUT2D eigenvalue weighted by Crippen LogP contribution is -2.48. The summed E-state index contributed by atoms with van der Waals surface area (Å²) in [6.45, 7) is 7.03. The molecule has 1 saturated carbocycles. The van der Waals surface area contributed by atoms with Gasteiger partial charge in [0.05, 0.1) is 0 Å². The number of rotatable bonds is 7. The summed E-state index contributed by atoms with van der Waals surface area (Å²) in [7, 11) is 0. The fraction of sp³-hybridized carbons (Fsp3) is 0.909. The van der Waals surface area contributed by atoms with Crippen molar-refractivity contribution in [1.82, 2.24) is 20.4 Å². The van der Waals surface area contributed by atoms with Gasteiger partial charge in [-0.05, 0) is 70.9 Å². The van der Waals surface area contributed by atoms with Gasteiger partial charge in [-0.25, -0.2) is 4.79 Å². The molecule has 0 unspecified atom stereocenters. The zero-order chi connectivity index (χ0) is 19.8. The van der Waals surface area contributed by atoms with Crippen molar-refractivity contribution in [2.75, 3.05) is 32.7 Å². The average molecular weight is 393 g/mol. The van der Waals surface area contributed by atoms with E-state index >= 15 is 0 Å². The predicted octanol–water partition coefficient (Wildman–Crippen LogP) is 3.12. The highest BCUT2D eigenvalue weighted by atomic mass is 16.2. The van der Waals surface area contributed by atoms with Gasteiger partial charge in [0.1, 0.15) is 0 Å².